The van der Waals surface area contributed by atoms with Gasteiger partial charge >= 0.3 is 0 Å². The number of nitrogens with zero attached hydrogens (tertiary/aromatic N) is 3. The summed E-state index contributed by atoms with van der Waals surface area (Å²) in [4.78, 5) is 11.7. The molecule has 8 nitrogen and oxygen atoms in total. The van der Waals surface area contributed by atoms with Gasteiger partial charge in [0.2, 0.25) is 5.95 Å². The first kappa shape index (κ1) is 23.6. The molecule has 2 aromatic carbocycles. The first-order valence-electron chi connectivity index (χ1n) is 11.4. The van der Waals surface area contributed by atoms with Crippen LogP contribution >= 0.6 is 0 Å². The van der Waals surface area contributed by atoms with E-state index in [0.717, 1.165) is 54.5 Å². The molecule has 0 aliphatic carbocycles. The zero-order valence-electron chi connectivity index (χ0n) is 20.4. The quantitative estimate of drug-likeness (QED) is 0.493. The molecule has 8 heteroatoms. The Hall–Kier alpha value is -3.52. The highest BCUT2D eigenvalue weighted by atomic mass is 16.5. The maximum Gasteiger partial charge on any atom is 0.227 e. The third kappa shape index (κ3) is 5.69. The van der Waals surface area contributed by atoms with Crippen LogP contribution in [0, 0.1) is 0 Å². The summed E-state index contributed by atoms with van der Waals surface area (Å²) in [6, 6.07) is 11.7. The molecule has 0 saturated heterocycles. The van der Waals surface area contributed by atoms with Crippen molar-refractivity contribution in [2.45, 2.75) is 39.5 Å². The predicted octanol–water partition coefficient (Wildman–Crippen LogP) is 4.59. The van der Waals surface area contributed by atoms with Crippen LogP contribution in [0.15, 0.2) is 42.6 Å². The topological polar surface area (TPSA) is 78.0 Å². The lowest BCUT2D eigenvalue weighted by atomic mass is 10.1. The van der Waals surface area contributed by atoms with Crippen molar-refractivity contribution in [3.63, 3.8) is 0 Å². The fourth-order valence-electron chi connectivity index (χ4n) is 4.00. The Morgan fingerprint density at radius 2 is 1.74 bits per heavy atom. The van der Waals surface area contributed by atoms with Crippen molar-refractivity contribution in [2.75, 3.05) is 33.2 Å². The smallest absolute Gasteiger partial charge is 0.227 e. The summed E-state index contributed by atoms with van der Waals surface area (Å²) < 4.78 is 22.1. The molecular weight excluding hydrogens is 432 g/mol. The molecule has 1 aliphatic heterocycles. The van der Waals surface area contributed by atoms with Crippen LogP contribution in [0.4, 0.5) is 11.6 Å². The monoisotopic (exact) mass is 464 g/mol. The summed E-state index contributed by atoms with van der Waals surface area (Å²) in [7, 11) is 4.93. The molecule has 0 radical (unpaired) electrons. The molecule has 1 aliphatic rings. The molecule has 0 amide bonds. The van der Waals surface area contributed by atoms with E-state index >= 15 is 0 Å². The van der Waals surface area contributed by atoms with Gasteiger partial charge in [-0.05, 0) is 31.5 Å². The molecule has 3 aromatic rings. The summed E-state index contributed by atoms with van der Waals surface area (Å²) >= 11 is 0. The van der Waals surface area contributed by atoms with Gasteiger partial charge in [-0.25, -0.2) is 9.97 Å². The van der Waals surface area contributed by atoms with Gasteiger partial charge in [0.15, 0.2) is 11.5 Å². The summed E-state index contributed by atoms with van der Waals surface area (Å²) in [5.41, 5.74) is 4.21. The first-order chi connectivity index (χ1) is 16.5. The average Bonchev–Trinajstić information content (AvgIpc) is 2.84. The molecular formula is C26H32N4O4. The lowest BCUT2D eigenvalue weighted by Crippen LogP contribution is -2.31. The maximum atomic E-state index is 5.83. The van der Waals surface area contributed by atoms with Crippen LogP contribution in [-0.4, -0.2) is 48.8 Å². The molecule has 0 unspecified atom stereocenters. The first-order valence-corrected chi connectivity index (χ1v) is 11.4. The van der Waals surface area contributed by atoms with Crippen molar-refractivity contribution >= 4 is 11.6 Å². The number of methoxy groups -OCH3 is 3. The van der Waals surface area contributed by atoms with Crippen molar-refractivity contribution < 1.29 is 18.9 Å². The lowest BCUT2D eigenvalue weighted by molar-refractivity contribution is 0.228. The minimum absolute atomic E-state index is 0.101. The zero-order valence-corrected chi connectivity index (χ0v) is 20.4. The van der Waals surface area contributed by atoms with E-state index in [1.54, 1.807) is 21.3 Å². The minimum atomic E-state index is 0.101. The largest absolute Gasteiger partial charge is 0.497 e. The van der Waals surface area contributed by atoms with E-state index in [4.69, 9.17) is 23.9 Å². The van der Waals surface area contributed by atoms with Gasteiger partial charge in [-0.1, -0.05) is 6.07 Å². The fourth-order valence-corrected chi connectivity index (χ4v) is 4.00. The predicted molar refractivity (Wildman–Crippen MR) is 131 cm³/mol. The molecule has 0 saturated carbocycles. The van der Waals surface area contributed by atoms with Gasteiger partial charge in [-0.15, -0.1) is 0 Å². The number of benzene rings is 2. The highest BCUT2D eigenvalue weighted by Crippen LogP contribution is 2.31. The summed E-state index contributed by atoms with van der Waals surface area (Å²) in [5.74, 6) is 3.50. The minimum Gasteiger partial charge on any atom is -0.497 e. The number of hydrogen-bond acceptors (Lipinski definition) is 8. The van der Waals surface area contributed by atoms with Crippen LogP contribution in [0.25, 0.3) is 0 Å². The Morgan fingerprint density at radius 3 is 2.41 bits per heavy atom. The maximum absolute atomic E-state index is 5.83. The molecule has 4 rings (SSSR count). The Labute approximate surface area is 200 Å². The highest BCUT2D eigenvalue weighted by molar-refractivity contribution is 5.59. The second-order valence-corrected chi connectivity index (χ2v) is 8.50. The van der Waals surface area contributed by atoms with Crippen LogP contribution in [0.2, 0.25) is 0 Å². The van der Waals surface area contributed by atoms with Gasteiger partial charge in [-0.2, -0.15) is 0 Å². The standard InChI is InChI=1S/C26H32N4O4/c1-17(2)34-24-7-6-18(10-25(24)33-5)15-30-9-8-23-19(16-30)14-27-26(29-23)28-20-11-21(31-3)13-22(12-20)32-4/h6-7,10-14,17H,8-9,15-16H2,1-5H3,(H,27,28,29). The number of fused-ring (bicyclic) bond motifs is 1. The third-order valence-corrected chi connectivity index (χ3v) is 5.62. The number of hydrogen-bond donors (Lipinski definition) is 1. The molecule has 0 bridgehead atoms. The van der Waals surface area contributed by atoms with Gasteiger partial charge in [0, 0.05) is 61.7 Å². The van der Waals surface area contributed by atoms with Gasteiger partial charge in [0.25, 0.3) is 0 Å². The van der Waals surface area contributed by atoms with E-state index in [0.29, 0.717) is 17.4 Å². The van der Waals surface area contributed by atoms with E-state index < -0.39 is 0 Å². The number of nitrogens with one attached hydrogen (secondary N) is 1. The molecule has 0 spiro atoms. The average molecular weight is 465 g/mol. The van der Waals surface area contributed by atoms with Crippen LogP contribution in [0.1, 0.15) is 30.7 Å². The van der Waals surface area contributed by atoms with Gasteiger partial charge in [-0.3, -0.25) is 4.90 Å². The van der Waals surface area contributed by atoms with Crippen molar-refractivity contribution in [3.05, 3.63) is 59.4 Å². The fraction of sp³-hybridized carbons (Fsp3) is 0.385. The normalized spacial score (nSPS) is 13.4. The lowest BCUT2D eigenvalue weighted by Gasteiger charge is -2.28. The van der Waals surface area contributed by atoms with Crippen LogP contribution in [-0.2, 0) is 19.5 Å². The number of ether oxygens (including phenoxy) is 4. The second kappa shape index (κ2) is 10.6. The van der Waals surface area contributed by atoms with Crippen molar-refractivity contribution in [2.24, 2.45) is 0 Å². The van der Waals surface area contributed by atoms with Gasteiger partial charge in [0.1, 0.15) is 11.5 Å². The summed E-state index contributed by atoms with van der Waals surface area (Å²) in [5, 5.41) is 3.26. The van der Waals surface area contributed by atoms with Crippen molar-refractivity contribution in [1.82, 2.24) is 14.9 Å². The van der Waals surface area contributed by atoms with Crippen LogP contribution in [0.5, 0.6) is 23.0 Å². The zero-order chi connectivity index (χ0) is 24.1. The Bertz CT molecular complexity index is 1110. The highest BCUT2D eigenvalue weighted by Gasteiger charge is 2.19. The summed E-state index contributed by atoms with van der Waals surface area (Å²) in [6.07, 6.45) is 2.87. The number of aromatic nitrogens is 2. The Balaban J connectivity index is 1.43. The van der Waals surface area contributed by atoms with E-state index in [2.05, 4.69) is 27.3 Å². The molecule has 1 aromatic heterocycles. The molecule has 1 N–H and O–H groups in total. The summed E-state index contributed by atoms with van der Waals surface area (Å²) in [6.45, 7) is 6.56. The Kier molecular flexibility index (Phi) is 7.37. The molecule has 0 atom stereocenters. The van der Waals surface area contributed by atoms with E-state index in [9.17, 15) is 0 Å². The SMILES string of the molecule is COc1cc(Nc2ncc3c(n2)CCN(Cc2ccc(OC(C)C)c(OC)c2)C3)cc(OC)c1. The van der Waals surface area contributed by atoms with E-state index in [1.807, 2.05) is 44.3 Å². The third-order valence-electron chi connectivity index (χ3n) is 5.62. The van der Waals surface area contributed by atoms with E-state index in [-0.39, 0.29) is 6.10 Å². The molecule has 0 fully saturated rings. The van der Waals surface area contributed by atoms with Gasteiger partial charge < -0.3 is 24.3 Å². The van der Waals surface area contributed by atoms with E-state index in [1.165, 1.54) is 5.56 Å². The molecule has 180 valence electrons. The molecule has 2 heterocycles. The van der Waals surface area contributed by atoms with Gasteiger partial charge in [0.05, 0.1) is 33.1 Å². The van der Waals surface area contributed by atoms with Crippen molar-refractivity contribution in [1.29, 1.82) is 0 Å². The number of rotatable bonds is 9. The number of anilines is 2. The molecule has 34 heavy (non-hydrogen) atoms. The van der Waals surface area contributed by atoms with Crippen LogP contribution < -0.4 is 24.3 Å². The van der Waals surface area contributed by atoms with Crippen LogP contribution in [0.3, 0.4) is 0 Å². The Morgan fingerprint density at radius 1 is 0.971 bits per heavy atom. The second-order valence-electron chi connectivity index (χ2n) is 8.50. The van der Waals surface area contributed by atoms with Crippen molar-refractivity contribution in [3.8, 4) is 23.0 Å².